The zero-order chi connectivity index (χ0) is 10.6. The highest BCUT2D eigenvalue weighted by atomic mass is 35.5. The first-order chi connectivity index (χ1) is 6.72. The van der Waals surface area contributed by atoms with Crippen molar-refractivity contribution in [3.8, 4) is 5.75 Å². The minimum Gasteiger partial charge on any atom is -0.496 e. The van der Waals surface area contributed by atoms with Crippen molar-refractivity contribution in [3.63, 3.8) is 0 Å². The number of hydrogen-bond donors (Lipinski definition) is 0. The number of aryl methyl sites for hydroxylation is 1. The molecular formula is C12H17ClO. The summed E-state index contributed by atoms with van der Waals surface area (Å²) in [6, 6.07) is 6.23. The van der Waals surface area contributed by atoms with Crippen molar-refractivity contribution >= 4 is 11.6 Å². The molecule has 1 rings (SSSR count). The van der Waals surface area contributed by atoms with Crippen LogP contribution in [0.5, 0.6) is 5.75 Å². The van der Waals surface area contributed by atoms with E-state index in [1.54, 1.807) is 7.11 Å². The first kappa shape index (κ1) is 11.4. The van der Waals surface area contributed by atoms with Gasteiger partial charge in [-0.1, -0.05) is 24.6 Å². The van der Waals surface area contributed by atoms with Crippen LogP contribution >= 0.6 is 11.6 Å². The maximum Gasteiger partial charge on any atom is 0.122 e. The van der Waals surface area contributed by atoms with Crippen molar-refractivity contribution < 1.29 is 4.74 Å². The zero-order valence-corrected chi connectivity index (χ0v) is 9.77. The number of rotatable bonds is 4. The van der Waals surface area contributed by atoms with Gasteiger partial charge in [-0.15, -0.1) is 11.6 Å². The van der Waals surface area contributed by atoms with Crippen LogP contribution in [0.25, 0.3) is 0 Å². The maximum absolute atomic E-state index is 5.93. The third kappa shape index (κ3) is 2.42. The van der Waals surface area contributed by atoms with Crippen LogP contribution in [-0.2, 0) is 0 Å². The highest BCUT2D eigenvalue weighted by Gasteiger charge is 2.13. The van der Waals surface area contributed by atoms with Crippen LogP contribution in [0.4, 0.5) is 0 Å². The van der Waals surface area contributed by atoms with Crippen LogP contribution in [0.1, 0.15) is 30.4 Å². The van der Waals surface area contributed by atoms with Gasteiger partial charge in [0, 0.05) is 11.8 Å². The molecule has 1 atom stereocenters. The van der Waals surface area contributed by atoms with Crippen LogP contribution in [0.2, 0.25) is 0 Å². The molecule has 1 aromatic carbocycles. The van der Waals surface area contributed by atoms with E-state index in [1.165, 1.54) is 11.1 Å². The smallest absolute Gasteiger partial charge is 0.122 e. The molecule has 1 unspecified atom stereocenters. The lowest BCUT2D eigenvalue weighted by atomic mass is 9.96. The average Bonchev–Trinajstić information content (AvgIpc) is 2.20. The Balaban J connectivity index is 3.08. The topological polar surface area (TPSA) is 9.23 Å². The van der Waals surface area contributed by atoms with Gasteiger partial charge in [0.15, 0.2) is 0 Å². The summed E-state index contributed by atoms with van der Waals surface area (Å²) < 4.78 is 5.33. The van der Waals surface area contributed by atoms with E-state index in [0.717, 1.165) is 12.2 Å². The van der Waals surface area contributed by atoms with Crippen LogP contribution < -0.4 is 4.74 Å². The molecule has 0 amide bonds. The molecule has 0 spiro atoms. The van der Waals surface area contributed by atoms with Gasteiger partial charge in [-0.25, -0.2) is 0 Å². The monoisotopic (exact) mass is 212 g/mol. The summed E-state index contributed by atoms with van der Waals surface area (Å²) in [5, 5.41) is 0. The van der Waals surface area contributed by atoms with Crippen molar-refractivity contribution in [2.24, 2.45) is 0 Å². The van der Waals surface area contributed by atoms with Gasteiger partial charge in [0.25, 0.3) is 0 Å². The van der Waals surface area contributed by atoms with Crippen LogP contribution in [0, 0.1) is 6.92 Å². The maximum atomic E-state index is 5.93. The van der Waals surface area contributed by atoms with Gasteiger partial charge < -0.3 is 4.74 Å². The first-order valence-electron chi connectivity index (χ1n) is 4.93. The van der Waals surface area contributed by atoms with Crippen molar-refractivity contribution in [3.05, 3.63) is 29.3 Å². The van der Waals surface area contributed by atoms with Gasteiger partial charge in [-0.2, -0.15) is 0 Å². The molecule has 0 N–H and O–H groups in total. The summed E-state index contributed by atoms with van der Waals surface area (Å²) in [5.41, 5.74) is 2.48. The van der Waals surface area contributed by atoms with Crippen molar-refractivity contribution in [1.82, 2.24) is 0 Å². The molecule has 0 aromatic heterocycles. The summed E-state index contributed by atoms with van der Waals surface area (Å²) in [6.45, 7) is 4.23. The molecule has 2 heteroatoms. The normalized spacial score (nSPS) is 12.6. The Morgan fingerprint density at radius 1 is 1.43 bits per heavy atom. The van der Waals surface area contributed by atoms with Crippen molar-refractivity contribution in [1.29, 1.82) is 0 Å². The largest absolute Gasteiger partial charge is 0.496 e. The van der Waals surface area contributed by atoms with Crippen LogP contribution in [0.3, 0.4) is 0 Å². The van der Waals surface area contributed by atoms with Gasteiger partial charge in [-0.05, 0) is 25.0 Å². The number of halogens is 1. The highest BCUT2D eigenvalue weighted by molar-refractivity contribution is 6.18. The van der Waals surface area contributed by atoms with Crippen LogP contribution in [0.15, 0.2) is 18.2 Å². The Kier molecular flexibility index (Phi) is 4.27. The van der Waals surface area contributed by atoms with Gasteiger partial charge in [0.05, 0.1) is 7.11 Å². The molecule has 0 saturated carbocycles. The van der Waals surface area contributed by atoms with E-state index in [-0.39, 0.29) is 0 Å². The van der Waals surface area contributed by atoms with Crippen molar-refractivity contribution in [2.45, 2.75) is 26.2 Å². The second-order valence-electron chi connectivity index (χ2n) is 3.50. The Morgan fingerprint density at radius 3 is 2.64 bits per heavy atom. The number of benzene rings is 1. The third-order valence-corrected chi connectivity index (χ3v) is 2.88. The molecule has 0 bridgehead atoms. The lowest BCUT2D eigenvalue weighted by Crippen LogP contribution is -2.02. The van der Waals surface area contributed by atoms with E-state index in [9.17, 15) is 0 Å². The van der Waals surface area contributed by atoms with Gasteiger partial charge in [0.2, 0.25) is 0 Å². The van der Waals surface area contributed by atoms with E-state index < -0.39 is 0 Å². The Hall–Kier alpha value is -0.690. The quantitative estimate of drug-likeness (QED) is 0.691. The molecule has 0 aliphatic heterocycles. The van der Waals surface area contributed by atoms with Crippen molar-refractivity contribution in [2.75, 3.05) is 13.0 Å². The first-order valence-corrected chi connectivity index (χ1v) is 5.46. The summed E-state index contributed by atoms with van der Waals surface area (Å²) in [6.07, 6.45) is 1.04. The Bertz CT molecular complexity index is 292. The predicted molar refractivity (Wildman–Crippen MR) is 61.5 cm³/mol. The Morgan fingerprint density at radius 2 is 2.14 bits per heavy atom. The molecule has 0 radical (unpaired) electrons. The summed E-state index contributed by atoms with van der Waals surface area (Å²) in [4.78, 5) is 0. The van der Waals surface area contributed by atoms with E-state index >= 15 is 0 Å². The van der Waals surface area contributed by atoms with Gasteiger partial charge in [-0.3, -0.25) is 0 Å². The number of methoxy groups -OCH3 is 1. The lowest BCUT2D eigenvalue weighted by molar-refractivity contribution is 0.406. The summed E-state index contributed by atoms with van der Waals surface area (Å²) in [5.74, 6) is 1.99. The molecule has 0 aliphatic rings. The van der Waals surface area contributed by atoms with E-state index in [1.807, 2.05) is 6.07 Å². The standard InChI is InChI=1S/C12H17ClO/c1-4-10(8-13)11-7-9(2)5-6-12(11)14-3/h5-7,10H,4,8H2,1-3H3. The second kappa shape index (κ2) is 5.26. The molecule has 1 aromatic rings. The number of alkyl halides is 1. The predicted octanol–water partition coefficient (Wildman–Crippen LogP) is 3.74. The average molecular weight is 213 g/mol. The van der Waals surface area contributed by atoms with E-state index in [0.29, 0.717) is 11.8 Å². The molecule has 0 heterocycles. The summed E-state index contributed by atoms with van der Waals surface area (Å²) >= 11 is 5.93. The molecule has 0 saturated heterocycles. The fourth-order valence-corrected chi connectivity index (χ4v) is 1.97. The van der Waals surface area contributed by atoms with E-state index in [4.69, 9.17) is 16.3 Å². The highest BCUT2D eigenvalue weighted by Crippen LogP contribution is 2.30. The van der Waals surface area contributed by atoms with E-state index in [2.05, 4.69) is 26.0 Å². The second-order valence-corrected chi connectivity index (χ2v) is 3.81. The minimum atomic E-state index is 0.395. The molecule has 78 valence electrons. The summed E-state index contributed by atoms with van der Waals surface area (Å²) in [7, 11) is 1.70. The molecule has 1 nitrogen and oxygen atoms in total. The molecule has 0 aliphatic carbocycles. The Labute approximate surface area is 91.0 Å². The zero-order valence-electron chi connectivity index (χ0n) is 9.01. The SMILES string of the molecule is CCC(CCl)c1cc(C)ccc1OC. The molecule has 0 fully saturated rings. The van der Waals surface area contributed by atoms with Crippen LogP contribution in [-0.4, -0.2) is 13.0 Å². The van der Waals surface area contributed by atoms with Gasteiger partial charge >= 0.3 is 0 Å². The minimum absolute atomic E-state index is 0.395. The molecule has 14 heavy (non-hydrogen) atoms. The molecular weight excluding hydrogens is 196 g/mol. The van der Waals surface area contributed by atoms with Gasteiger partial charge in [0.1, 0.15) is 5.75 Å². The fourth-order valence-electron chi connectivity index (χ4n) is 1.58. The third-order valence-electron chi connectivity index (χ3n) is 2.50. The number of ether oxygens (including phenoxy) is 1. The fraction of sp³-hybridized carbons (Fsp3) is 0.500. The number of hydrogen-bond acceptors (Lipinski definition) is 1. The lowest BCUT2D eigenvalue weighted by Gasteiger charge is -2.16.